The molecule has 2 rings (SSSR count). The fourth-order valence-electron chi connectivity index (χ4n) is 1.77. The topological polar surface area (TPSA) is 72.5 Å². The molecule has 6 nitrogen and oxygen atoms in total. The van der Waals surface area contributed by atoms with Gasteiger partial charge in [0.1, 0.15) is 0 Å². The number of benzene rings is 1. The van der Waals surface area contributed by atoms with Gasteiger partial charge in [0.25, 0.3) is 0 Å². The van der Waals surface area contributed by atoms with E-state index in [1.165, 1.54) is 18.9 Å². The highest BCUT2D eigenvalue weighted by Gasteiger charge is 2.13. The number of aromatic hydroxyl groups is 1. The van der Waals surface area contributed by atoms with E-state index in [9.17, 15) is 5.11 Å². The number of nitrogens with zero attached hydrogens (tertiary/aromatic N) is 4. The maximum atomic E-state index is 9.59. The summed E-state index contributed by atoms with van der Waals surface area (Å²) in [7, 11) is 1.51. The van der Waals surface area contributed by atoms with E-state index in [2.05, 4.69) is 15.3 Å². The third-order valence-corrected chi connectivity index (χ3v) is 3.48. The van der Waals surface area contributed by atoms with Gasteiger partial charge in [0.15, 0.2) is 17.3 Å². The zero-order chi connectivity index (χ0) is 15.4. The van der Waals surface area contributed by atoms with Crippen molar-refractivity contribution in [1.82, 2.24) is 14.9 Å². The van der Waals surface area contributed by atoms with Gasteiger partial charge in [-0.1, -0.05) is 25.6 Å². The first-order chi connectivity index (χ1) is 10.1. The third kappa shape index (κ3) is 3.36. The van der Waals surface area contributed by atoms with Crippen molar-refractivity contribution in [3.63, 3.8) is 0 Å². The summed E-state index contributed by atoms with van der Waals surface area (Å²) in [6.07, 6.45) is 3.63. The Morgan fingerprint density at radius 1 is 1.38 bits per heavy atom. The first-order valence-electron chi connectivity index (χ1n) is 6.47. The van der Waals surface area contributed by atoms with Gasteiger partial charge in [0.05, 0.1) is 13.3 Å². The molecule has 0 bridgehead atoms. The van der Waals surface area contributed by atoms with Gasteiger partial charge in [-0.05, 0) is 30.0 Å². The van der Waals surface area contributed by atoms with Crippen LogP contribution in [0.15, 0.2) is 28.5 Å². The number of phenols is 1. The van der Waals surface area contributed by atoms with Gasteiger partial charge in [0, 0.05) is 5.92 Å². The summed E-state index contributed by atoms with van der Waals surface area (Å²) >= 11 is 1.49. The monoisotopic (exact) mass is 306 g/mol. The molecule has 0 radical (unpaired) electrons. The molecule has 21 heavy (non-hydrogen) atoms. The number of rotatable bonds is 5. The van der Waals surface area contributed by atoms with E-state index in [0.29, 0.717) is 5.75 Å². The molecule has 0 saturated carbocycles. The summed E-state index contributed by atoms with van der Waals surface area (Å²) in [6, 6.07) is 5.06. The Kier molecular flexibility index (Phi) is 4.85. The Hall–Kier alpha value is -2.02. The summed E-state index contributed by atoms with van der Waals surface area (Å²) < 4.78 is 6.81. The van der Waals surface area contributed by atoms with Crippen molar-refractivity contribution < 1.29 is 9.84 Å². The van der Waals surface area contributed by atoms with E-state index >= 15 is 0 Å². The Balaban J connectivity index is 2.35. The van der Waals surface area contributed by atoms with Crippen LogP contribution in [0.25, 0.3) is 0 Å². The number of aromatic nitrogens is 3. The van der Waals surface area contributed by atoms with Gasteiger partial charge < -0.3 is 9.84 Å². The van der Waals surface area contributed by atoms with Crippen LogP contribution in [0.5, 0.6) is 11.5 Å². The van der Waals surface area contributed by atoms with Crippen LogP contribution in [0, 0.1) is 0 Å². The number of hydrogen-bond donors (Lipinski definition) is 1. The molecule has 0 aliphatic heterocycles. The molecule has 1 N–H and O–H groups in total. The molecule has 0 fully saturated rings. The molecule has 0 spiro atoms. The van der Waals surface area contributed by atoms with Crippen molar-refractivity contribution >= 4 is 18.0 Å². The number of thioether (sulfide) groups is 1. The van der Waals surface area contributed by atoms with Gasteiger partial charge >= 0.3 is 0 Å². The minimum Gasteiger partial charge on any atom is -0.504 e. The fraction of sp³-hybridized carbons (Fsp3) is 0.357. The van der Waals surface area contributed by atoms with E-state index in [1.54, 1.807) is 29.1 Å². The minimum atomic E-state index is 0.103. The van der Waals surface area contributed by atoms with Crippen LogP contribution in [0.3, 0.4) is 0 Å². The second-order valence-corrected chi connectivity index (χ2v) is 5.46. The molecule has 1 heterocycles. The van der Waals surface area contributed by atoms with Gasteiger partial charge in [0.2, 0.25) is 5.16 Å². The summed E-state index contributed by atoms with van der Waals surface area (Å²) in [5.41, 5.74) is 0.820. The number of methoxy groups -OCH3 is 1. The molecule has 0 saturated heterocycles. The molecule has 0 unspecified atom stereocenters. The fourth-order valence-corrected chi connectivity index (χ4v) is 2.21. The molecule has 0 atom stereocenters. The number of ether oxygens (including phenoxy) is 1. The number of phenolic OH excluding ortho intramolecular Hbond substituents is 1. The van der Waals surface area contributed by atoms with Crippen molar-refractivity contribution in [3.05, 3.63) is 29.6 Å². The lowest BCUT2D eigenvalue weighted by atomic mass is 10.2. The summed E-state index contributed by atoms with van der Waals surface area (Å²) in [5, 5.41) is 23.0. The van der Waals surface area contributed by atoms with Gasteiger partial charge in [-0.15, -0.1) is 10.2 Å². The van der Waals surface area contributed by atoms with E-state index in [1.807, 2.05) is 20.1 Å². The average molecular weight is 306 g/mol. The second-order valence-electron chi connectivity index (χ2n) is 4.69. The Morgan fingerprint density at radius 2 is 2.14 bits per heavy atom. The lowest BCUT2D eigenvalue weighted by Crippen LogP contribution is -2.02. The Morgan fingerprint density at radius 3 is 2.76 bits per heavy atom. The highest BCUT2D eigenvalue weighted by molar-refractivity contribution is 7.98. The van der Waals surface area contributed by atoms with Crippen LogP contribution in [0.4, 0.5) is 0 Å². The quantitative estimate of drug-likeness (QED) is 0.679. The SMILES string of the molecule is COc1cc(/C=N\n2c(SC)nnc2C(C)C)ccc1O. The molecule has 0 aliphatic rings. The van der Waals surface area contributed by atoms with Gasteiger partial charge in [-0.3, -0.25) is 0 Å². The normalized spacial score (nSPS) is 11.5. The van der Waals surface area contributed by atoms with E-state index in [-0.39, 0.29) is 11.7 Å². The molecular formula is C14H18N4O2S. The Bertz CT molecular complexity index is 652. The van der Waals surface area contributed by atoms with E-state index in [4.69, 9.17) is 4.74 Å². The maximum Gasteiger partial charge on any atom is 0.211 e. The third-order valence-electron chi connectivity index (χ3n) is 2.86. The van der Waals surface area contributed by atoms with Gasteiger partial charge in [-0.2, -0.15) is 9.78 Å². The molecule has 7 heteroatoms. The highest BCUT2D eigenvalue weighted by Crippen LogP contribution is 2.25. The minimum absolute atomic E-state index is 0.103. The predicted molar refractivity (Wildman–Crippen MR) is 83.5 cm³/mol. The van der Waals surface area contributed by atoms with Crippen LogP contribution in [0.2, 0.25) is 0 Å². The highest BCUT2D eigenvalue weighted by atomic mass is 32.2. The molecule has 0 amide bonds. The zero-order valence-electron chi connectivity index (χ0n) is 12.4. The van der Waals surface area contributed by atoms with Crippen LogP contribution in [-0.4, -0.2) is 39.6 Å². The molecule has 1 aromatic heterocycles. The maximum absolute atomic E-state index is 9.59. The summed E-state index contributed by atoms with van der Waals surface area (Å²) in [5.74, 6) is 1.55. The lowest BCUT2D eigenvalue weighted by molar-refractivity contribution is 0.373. The summed E-state index contributed by atoms with van der Waals surface area (Å²) in [6.45, 7) is 4.09. The van der Waals surface area contributed by atoms with Crippen molar-refractivity contribution in [2.45, 2.75) is 24.9 Å². The van der Waals surface area contributed by atoms with Crippen molar-refractivity contribution in [1.29, 1.82) is 0 Å². The average Bonchev–Trinajstić information content (AvgIpc) is 2.89. The molecular weight excluding hydrogens is 288 g/mol. The first kappa shape index (κ1) is 15.4. The van der Waals surface area contributed by atoms with Crippen LogP contribution in [0.1, 0.15) is 31.2 Å². The predicted octanol–water partition coefficient (Wildman–Crippen LogP) is 2.72. The van der Waals surface area contributed by atoms with Crippen LogP contribution in [-0.2, 0) is 0 Å². The largest absolute Gasteiger partial charge is 0.504 e. The Labute approximate surface area is 127 Å². The van der Waals surface area contributed by atoms with Crippen LogP contribution >= 0.6 is 11.8 Å². The van der Waals surface area contributed by atoms with Crippen molar-refractivity contribution in [3.8, 4) is 11.5 Å². The van der Waals surface area contributed by atoms with E-state index in [0.717, 1.165) is 16.5 Å². The molecule has 2 aromatic rings. The lowest BCUT2D eigenvalue weighted by Gasteiger charge is -2.06. The zero-order valence-corrected chi connectivity index (χ0v) is 13.3. The smallest absolute Gasteiger partial charge is 0.211 e. The molecule has 1 aromatic carbocycles. The van der Waals surface area contributed by atoms with Crippen molar-refractivity contribution in [2.75, 3.05) is 13.4 Å². The van der Waals surface area contributed by atoms with E-state index < -0.39 is 0 Å². The molecule has 0 aliphatic carbocycles. The first-order valence-corrected chi connectivity index (χ1v) is 7.70. The van der Waals surface area contributed by atoms with Crippen LogP contribution < -0.4 is 4.74 Å². The van der Waals surface area contributed by atoms with Crippen molar-refractivity contribution in [2.24, 2.45) is 5.10 Å². The second kappa shape index (κ2) is 6.62. The van der Waals surface area contributed by atoms with Gasteiger partial charge in [-0.25, -0.2) is 0 Å². The summed E-state index contributed by atoms with van der Waals surface area (Å²) in [4.78, 5) is 0. The number of hydrogen-bond acceptors (Lipinski definition) is 6. The molecule has 112 valence electrons. The standard InChI is InChI=1S/C14H18N4O2S/c1-9(2)13-16-17-14(21-4)18(13)15-8-10-5-6-11(19)12(7-10)20-3/h5-9,19H,1-4H3/b15-8-.